The zero-order chi connectivity index (χ0) is 20.6. The molecule has 1 unspecified atom stereocenters. The predicted octanol–water partition coefficient (Wildman–Crippen LogP) is 3.12. The molecular weight excluding hydrogens is 378 g/mol. The third-order valence-corrected chi connectivity index (χ3v) is 6.57. The van der Waals surface area contributed by atoms with E-state index in [4.69, 9.17) is 4.74 Å². The van der Waals surface area contributed by atoms with Crippen LogP contribution in [0.3, 0.4) is 0 Å². The van der Waals surface area contributed by atoms with Crippen molar-refractivity contribution in [1.82, 2.24) is 24.4 Å². The first-order chi connectivity index (χ1) is 14.6. The van der Waals surface area contributed by atoms with Crippen molar-refractivity contribution in [2.24, 2.45) is 18.9 Å². The van der Waals surface area contributed by atoms with Gasteiger partial charge in [0.1, 0.15) is 17.2 Å². The summed E-state index contributed by atoms with van der Waals surface area (Å²) in [6, 6.07) is 10.2. The molecule has 3 aromatic rings. The molecule has 30 heavy (non-hydrogen) atoms. The van der Waals surface area contributed by atoms with Gasteiger partial charge in [-0.2, -0.15) is 0 Å². The van der Waals surface area contributed by atoms with E-state index >= 15 is 0 Å². The molecule has 3 heterocycles. The standard InChI is InChI=1S/C23H27N5O2/c1-27-13-12-24-21(27)23(29)18-4-2-5-19(23)16-28(15-18)14-17-6-8-20(9-7-17)30-22-25-10-3-11-26-22/h3,6-13,18-19,29H,2,4-5,14-16H2,1H3/t18-,19+,23?. The lowest BCUT2D eigenvalue weighted by atomic mass is 9.65. The number of imidazole rings is 1. The van der Waals surface area contributed by atoms with Crippen LogP contribution in [-0.2, 0) is 19.2 Å². The highest BCUT2D eigenvalue weighted by atomic mass is 16.5. The fourth-order valence-corrected chi connectivity index (χ4v) is 5.15. The van der Waals surface area contributed by atoms with Crippen LogP contribution in [0.25, 0.3) is 0 Å². The van der Waals surface area contributed by atoms with Crippen LogP contribution < -0.4 is 4.74 Å². The summed E-state index contributed by atoms with van der Waals surface area (Å²) < 4.78 is 7.67. The van der Waals surface area contributed by atoms with E-state index in [2.05, 4.69) is 32.0 Å². The minimum Gasteiger partial charge on any atom is -0.424 e. The first-order valence-corrected chi connectivity index (χ1v) is 10.6. The van der Waals surface area contributed by atoms with Crippen molar-refractivity contribution in [2.75, 3.05) is 13.1 Å². The Kier molecular flexibility index (Phi) is 5.00. The molecule has 0 amide bonds. The zero-order valence-corrected chi connectivity index (χ0v) is 17.2. The Morgan fingerprint density at radius 2 is 1.73 bits per heavy atom. The first-order valence-electron chi connectivity index (χ1n) is 10.6. The SMILES string of the molecule is Cn1ccnc1C1(O)[C@@H]2CCC[C@H]1CN(Cc1ccc(Oc3ncccn3)cc1)C2. The number of aliphatic hydroxyl groups is 1. The number of aromatic nitrogens is 4. The third-order valence-electron chi connectivity index (χ3n) is 6.57. The van der Waals surface area contributed by atoms with Crippen molar-refractivity contribution in [3.63, 3.8) is 0 Å². The van der Waals surface area contributed by atoms with Gasteiger partial charge in [-0.3, -0.25) is 4.90 Å². The predicted molar refractivity (Wildman–Crippen MR) is 112 cm³/mol. The lowest BCUT2D eigenvalue weighted by molar-refractivity contribution is -0.155. The van der Waals surface area contributed by atoms with Crippen molar-refractivity contribution in [3.05, 3.63) is 66.5 Å². The average Bonchev–Trinajstić information content (AvgIpc) is 3.18. The second kappa shape index (κ2) is 7.81. The van der Waals surface area contributed by atoms with Gasteiger partial charge in [-0.15, -0.1) is 0 Å². The van der Waals surface area contributed by atoms with Crippen molar-refractivity contribution in [2.45, 2.75) is 31.4 Å². The average molecular weight is 406 g/mol. The van der Waals surface area contributed by atoms with Crippen LogP contribution in [0.5, 0.6) is 11.8 Å². The second-order valence-electron chi connectivity index (χ2n) is 8.48. The molecule has 2 aliphatic rings. The van der Waals surface area contributed by atoms with Crippen LogP contribution in [0.1, 0.15) is 30.7 Å². The summed E-state index contributed by atoms with van der Waals surface area (Å²) in [5.74, 6) is 1.97. The molecule has 1 aliphatic carbocycles. The normalized spacial score (nSPS) is 26.5. The topological polar surface area (TPSA) is 76.3 Å². The smallest absolute Gasteiger partial charge is 0.321 e. The molecule has 7 nitrogen and oxygen atoms in total. The largest absolute Gasteiger partial charge is 0.424 e. The minimum atomic E-state index is -0.819. The molecule has 2 bridgehead atoms. The lowest BCUT2D eigenvalue weighted by Crippen LogP contribution is -2.58. The van der Waals surface area contributed by atoms with Crippen LogP contribution >= 0.6 is 0 Å². The molecule has 2 fully saturated rings. The van der Waals surface area contributed by atoms with E-state index < -0.39 is 5.60 Å². The number of aryl methyl sites for hydroxylation is 1. The minimum absolute atomic E-state index is 0.212. The maximum absolute atomic E-state index is 11.7. The van der Waals surface area contributed by atoms with Crippen LogP contribution in [-0.4, -0.2) is 42.6 Å². The van der Waals surface area contributed by atoms with Gasteiger partial charge in [0.15, 0.2) is 0 Å². The molecule has 1 aromatic carbocycles. The molecule has 3 atom stereocenters. The van der Waals surface area contributed by atoms with Gasteiger partial charge in [0.25, 0.3) is 0 Å². The van der Waals surface area contributed by atoms with Gasteiger partial charge in [-0.1, -0.05) is 18.6 Å². The van der Waals surface area contributed by atoms with Gasteiger partial charge >= 0.3 is 6.01 Å². The molecule has 5 rings (SSSR count). The third kappa shape index (κ3) is 3.48. The number of hydrogen-bond acceptors (Lipinski definition) is 6. The van der Waals surface area contributed by atoms with Gasteiger partial charge in [0.05, 0.1) is 0 Å². The summed E-state index contributed by atoms with van der Waals surface area (Å²) in [6.07, 6.45) is 10.3. The number of rotatable bonds is 5. The Morgan fingerprint density at radius 1 is 1.03 bits per heavy atom. The molecule has 1 saturated carbocycles. The maximum atomic E-state index is 11.7. The van der Waals surface area contributed by atoms with E-state index in [0.717, 1.165) is 44.0 Å². The van der Waals surface area contributed by atoms with E-state index in [0.29, 0.717) is 6.01 Å². The number of nitrogens with zero attached hydrogens (tertiary/aromatic N) is 5. The summed E-state index contributed by atoms with van der Waals surface area (Å²) in [5.41, 5.74) is 0.414. The number of benzene rings is 1. The van der Waals surface area contributed by atoms with Crippen LogP contribution in [0.15, 0.2) is 55.1 Å². The quantitative estimate of drug-likeness (QED) is 0.703. The number of hydrogen-bond donors (Lipinski definition) is 1. The monoisotopic (exact) mass is 405 g/mol. The Morgan fingerprint density at radius 3 is 2.37 bits per heavy atom. The van der Waals surface area contributed by atoms with Gasteiger partial charge in [-0.25, -0.2) is 15.0 Å². The molecule has 1 saturated heterocycles. The summed E-state index contributed by atoms with van der Waals surface area (Å²) in [7, 11) is 1.98. The first kappa shape index (κ1) is 19.2. The van der Waals surface area contributed by atoms with Crippen molar-refractivity contribution >= 4 is 0 Å². The van der Waals surface area contributed by atoms with Crippen LogP contribution in [0.4, 0.5) is 0 Å². The van der Waals surface area contributed by atoms with E-state index in [1.165, 1.54) is 12.0 Å². The van der Waals surface area contributed by atoms with E-state index in [9.17, 15) is 5.11 Å². The van der Waals surface area contributed by atoms with Gasteiger partial charge in [0.2, 0.25) is 0 Å². The Bertz CT molecular complexity index is 974. The fraction of sp³-hybridized carbons (Fsp3) is 0.435. The molecule has 7 heteroatoms. The van der Waals surface area contributed by atoms with Gasteiger partial charge < -0.3 is 14.4 Å². The second-order valence-corrected chi connectivity index (χ2v) is 8.48. The van der Waals surface area contributed by atoms with E-state index in [1.54, 1.807) is 24.7 Å². The fourth-order valence-electron chi connectivity index (χ4n) is 5.15. The van der Waals surface area contributed by atoms with E-state index in [-0.39, 0.29) is 11.8 Å². The number of ether oxygens (including phenoxy) is 1. The Balaban J connectivity index is 1.28. The number of piperidine rings is 1. The zero-order valence-electron chi connectivity index (χ0n) is 17.2. The molecule has 0 spiro atoms. The molecule has 1 aliphatic heterocycles. The van der Waals surface area contributed by atoms with Crippen molar-refractivity contribution in [1.29, 1.82) is 0 Å². The van der Waals surface area contributed by atoms with Crippen LogP contribution in [0, 0.1) is 11.8 Å². The highest BCUT2D eigenvalue weighted by Crippen LogP contribution is 2.48. The highest BCUT2D eigenvalue weighted by molar-refractivity contribution is 5.29. The van der Waals surface area contributed by atoms with E-state index in [1.807, 2.05) is 29.9 Å². The van der Waals surface area contributed by atoms with Crippen molar-refractivity contribution < 1.29 is 9.84 Å². The number of likely N-dealkylation sites (tertiary alicyclic amines) is 1. The molecule has 2 aromatic heterocycles. The summed E-state index contributed by atoms with van der Waals surface area (Å²) >= 11 is 0. The molecule has 156 valence electrons. The van der Waals surface area contributed by atoms with Crippen molar-refractivity contribution in [3.8, 4) is 11.8 Å². The maximum Gasteiger partial charge on any atom is 0.321 e. The Hall–Kier alpha value is -2.77. The lowest BCUT2D eigenvalue weighted by Gasteiger charge is -2.52. The Labute approximate surface area is 176 Å². The molecule has 0 radical (unpaired) electrons. The molecule has 1 N–H and O–H groups in total. The van der Waals surface area contributed by atoms with Gasteiger partial charge in [0, 0.05) is 63.3 Å². The number of fused-ring (bicyclic) bond motifs is 2. The summed E-state index contributed by atoms with van der Waals surface area (Å²) in [4.78, 5) is 15.2. The summed E-state index contributed by atoms with van der Waals surface area (Å²) in [6.45, 7) is 2.64. The highest BCUT2D eigenvalue weighted by Gasteiger charge is 2.53. The molecular formula is C23H27N5O2. The van der Waals surface area contributed by atoms with Crippen LogP contribution in [0.2, 0.25) is 0 Å². The van der Waals surface area contributed by atoms with Gasteiger partial charge in [-0.05, 0) is 36.6 Å². The summed E-state index contributed by atoms with van der Waals surface area (Å²) in [5, 5.41) is 11.7.